The van der Waals surface area contributed by atoms with Crippen LogP contribution in [0.2, 0.25) is 5.02 Å². The first-order valence-corrected chi connectivity index (χ1v) is 7.65. The van der Waals surface area contributed by atoms with Gasteiger partial charge in [0.15, 0.2) is 0 Å². The van der Waals surface area contributed by atoms with Crippen molar-refractivity contribution in [1.82, 2.24) is 0 Å². The molecule has 0 saturated carbocycles. The second-order valence-corrected chi connectivity index (χ2v) is 6.17. The molecule has 0 aliphatic carbocycles. The van der Waals surface area contributed by atoms with Gasteiger partial charge in [-0.15, -0.1) is 0 Å². The summed E-state index contributed by atoms with van der Waals surface area (Å²) < 4.78 is 12.1. The van der Waals surface area contributed by atoms with Gasteiger partial charge < -0.3 is 0 Å². The van der Waals surface area contributed by atoms with E-state index in [1.54, 1.807) is 0 Å². The Kier molecular flexibility index (Phi) is 4.56. The van der Waals surface area contributed by atoms with E-state index in [2.05, 4.69) is 6.07 Å². The SMILES string of the molecule is Cc1cccc(CS(=O)Cc2ccccc2Cl)c1. The van der Waals surface area contributed by atoms with Crippen LogP contribution < -0.4 is 0 Å². The van der Waals surface area contributed by atoms with Crippen molar-refractivity contribution in [3.05, 3.63) is 70.2 Å². The zero-order valence-electron chi connectivity index (χ0n) is 10.2. The van der Waals surface area contributed by atoms with Crippen molar-refractivity contribution in [2.24, 2.45) is 0 Å². The Bertz CT molecular complexity index is 566. The summed E-state index contributed by atoms with van der Waals surface area (Å²) in [4.78, 5) is 0. The van der Waals surface area contributed by atoms with Gasteiger partial charge in [-0.25, -0.2) is 0 Å². The van der Waals surface area contributed by atoms with Crippen LogP contribution in [0.5, 0.6) is 0 Å². The fourth-order valence-corrected chi connectivity index (χ4v) is 3.36. The summed E-state index contributed by atoms with van der Waals surface area (Å²) in [7, 11) is -0.925. The van der Waals surface area contributed by atoms with Gasteiger partial charge in [0.05, 0.1) is 5.75 Å². The molecule has 1 unspecified atom stereocenters. The number of rotatable bonds is 4. The van der Waals surface area contributed by atoms with Crippen molar-refractivity contribution in [3.63, 3.8) is 0 Å². The fourth-order valence-electron chi connectivity index (χ4n) is 1.83. The Hall–Kier alpha value is -1.12. The molecule has 0 bridgehead atoms. The van der Waals surface area contributed by atoms with E-state index < -0.39 is 10.8 Å². The number of halogens is 1. The number of hydrogen-bond acceptors (Lipinski definition) is 1. The van der Waals surface area contributed by atoms with E-state index in [9.17, 15) is 4.21 Å². The molecule has 0 radical (unpaired) electrons. The van der Waals surface area contributed by atoms with Crippen LogP contribution in [0.4, 0.5) is 0 Å². The third-order valence-electron chi connectivity index (χ3n) is 2.68. The molecule has 3 heteroatoms. The highest BCUT2D eigenvalue weighted by Gasteiger charge is 2.06. The Balaban J connectivity index is 2.03. The quantitative estimate of drug-likeness (QED) is 0.823. The lowest BCUT2D eigenvalue weighted by atomic mass is 10.2. The van der Waals surface area contributed by atoms with Crippen LogP contribution in [0.3, 0.4) is 0 Å². The standard InChI is InChI=1S/C15H15ClOS/c1-12-5-4-6-13(9-12)10-18(17)11-14-7-2-3-8-15(14)16/h2-9H,10-11H2,1H3. The summed E-state index contributed by atoms with van der Waals surface area (Å²) >= 11 is 6.06. The molecule has 0 heterocycles. The lowest BCUT2D eigenvalue weighted by Crippen LogP contribution is -2.00. The molecule has 2 aromatic rings. The number of benzene rings is 2. The molecule has 0 aliphatic heterocycles. The molecular formula is C15H15ClOS. The molecule has 2 rings (SSSR count). The maximum Gasteiger partial charge on any atom is 0.0503 e. The minimum absolute atomic E-state index is 0.508. The van der Waals surface area contributed by atoms with Gasteiger partial charge in [0, 0.05) is 21.6 Å². The molecule has 0 spiro atoms. The minimum atomic E-state index is -0.925. The monoisotopic (exact) mass is 278 g/mol. The van der Waals surface area contributed by atoms with Gasteiger partial charge in [-0.05, 0) is 24.1 Å². The maximum absolute atomic E-state index is 12.1. The molecular weight excluding hydrogens is 264 g/mol. The van der Waals surface area contributed by atoms with E-state index in [-0.39, 0.29) is 0 Å². The normalized spacial score (nSPS) is 12.3. The molecule has 1 nitrogen and oxygen atoms in total. The molecule has 94 valence electrons. The van der Waals surface area contributed by atoms with Gasteiger partial charge in [-0.1, -0.05) is 59.6 Å². The van der Waals surface area contributed by atoms with Crippen LogP contribution in [-0.2, 0) is 22.3 Å². The average Bonchev–Trinajstić information content (AvgIpc) is 2.32. The van der Waals surface area contributed by atoms with Gasteiger partial charge in [0.2, 0.25) is 0 Å². The van der Waals surface area contributed by atoms with E-state index in [1.807, 2.05) is 49.4 Å². The second kappa shape index (κ2) is 6.17. The van der Waals surface area contributed by atoms with Gasteiger partial charge in [-0.2, -0.15) is 0 Å². The van der Waals surface area contributed by atoms with E-state index in [0.29, 0.717) is 16.5 Å². The largest absolute Gasteiger partial charge is 0.259 e. The third-order valence-corrected chi connectivity index (χ3v) is 4.34. The van der Waals surface area contributed by atoms with Crippen molar-refractivity contribution < 1.29 is 4.21 Å². The summed E-state index contributed by atoms with van der Waals surface area (Å²) in [6, 6.07) is 15.7. The summed E-state index contributed by atoms with van der Waals surface area (Å²) in [6.45, 7) is 2.04. The lowest BCUT2D eigenvalue weighted by molar-refractivity contribution is 0.682. The van der Waals surface area contributed by atoms with Crippen molar-refractivity contribution >= 4 is 22.4 Å². The van der Waals surface area contributed by atoms with Crippen molar-refractivity contribution in [2.45, 2.75) is 18.4 Å². The predicted octanol–water partition coefficient (Wildman–Crippen LogP) is 4.10. The highest BCUT2D eigenvalue weighted by atomic mass is 35.5. The maximum atomic E-state index is 12.1. The van der Waals surface area contributed by atoms with Gasteiger partial charge in [-0.3, -0.25) is 4.21 Å². The Labute approximate surface area is 115 Å². The highest BCUT2D eigenvalue weighted by molar-refractivity contribution is 7.83. The lowest BCUT2D eigenvalue weighted by Gasteiger charge is -2.05. The molecule has 0 fully saturated rings. The first kappa shape index (κ1) is 13.3. The summed E-state index contributed by atoms with van der Waals surface area (Å²) in [5.41, 5.74) is 3.26. The topological polar surface area (TPSA) is 17.1 Å². The summed E-state index contributed by atoms with van der Waals surface area (Å²) in [5.74, 6) is 1.08. The Morgan fingerprint density at radius 1 is 1.06 bits per heavy atom. The van der Waals surface area contributed by atoms with Crippen LogP contribution in [0.1, 0.15) is 16.7 Å². The number of hydrogen-bond donors (Lipinski definition) is 0. The molecule has 0 amide bonds. The van der Waals surface area contributed by atoms with Gasteiger partial charge in [0.1, 0.15) is 0 Å². The molecule has 2 aromatic carbocycles. The summed E-state index contributed by atoms with van der Waals surface area (Å²) in [6.07, 6.45) is 0. The van der Waals surface area contributed by atoms with Crippen LogP contribution in [-0.4, -0.2) is 4.21 Å². The number of aryl methyl sites for hydroxylation is 1. The molecule has 0 aliphatic rings. The van der Waals surface area contributed by atoms with Gasteiger partial charge >= 0.3 is 0 Å². The molecule has 0 aromatic heterocycles. The first-order valence-electron chi connectivity index (χ1n) is 5.79. The highest BCUT2D eigenvalue weighted by Crippen LogP contribution is 2.18. The van der Waals surface area contributed by atoms with Gasteiger partial charge in [0.25, 0.3) is 0 Å². The van der Waals surface area contributed by atoms with Crippen LogP contribution in [0.25, 0.3) is 0 Å². The van der Waals surface area contributed by atoms with E-state index >= 15 is 0 Å². The first-order chi connectivity index (χ1) is 8.65. The third kappa shape index (κ3) is 3.69. The van der Waals surface area contributed by atoms with E-state index in [1.165, 1.54) is 5.56 Å². The van der Waals surface area contributed by atoms with E-state index in [0.717, 1.165) is 11.1 Å². The van der Waals surface area contributed by atoms with Crippen LogP contribution in [0.15, 0.2) is 48.5 Å². The molecule has 0 saturated heterocycles. The van der Waals surface area contributed by atoms with Crippen LogP contribution >= 0.6 is 11.6 Å². The van der Waals surface area contributed by atoms with Crippen molar-refractivity contribution in [1.29, 1.82) is 0 Å². The smallest absolute Gasteiger partial charge is 0.0503 e. The average molecular weight is 279 g/mol. The molecule has 18 heavy (non-hydrogen) atoms. The zero-order chi connectivity index (χ0) is 13.0. The summed E-state index contributed by atoms with van der Waals surface area (Å²) in [5, 5.41) is 0.690. The van der Waals surface area contributed by atoms with Crippen molar-refractivity contribution in [2.75, 3.05) is 0 Å². The molecule has 1 atom stereocenters. The van der Waals surface area contributed by atoms with Crippen LogP contribution in [0, 0.1) is 6.92 Å². The second-order valence-electron chi connectivity index (χ2n) is 4.31. The minimum Gasteiger partial charge on any atom is -0.259 e. The van der Waals surface area contributed by atoms with Crippen molar-refractivity contribution in [3.8, 4) is 0 Å². The molecule has 0 N–H and O–H groups in total. The predicted molar refractivity (Wildman–Crippen MR) is 78.2 cm³/mol. The fraction of sp³-hybridized carbons (Fsp3) is 0.200. The van der Waals surface area contributed by atoms with E-state index in [4.69, 9.17) is 11.6 Å². The Morgan fingerprint density at radius 2 is 1.83 bits per heavy atom. The Morgan fingerprint density at radius 3 is 2.56 bits per heavy atom. The zero-order valence-corrected chi connectivity index (χ0v) is 11.8.